The topological polar surface area (TPSA) is 121 Å². The average Bonchev–Trinajstić information content (AvgIpc) is 3.26. The zero-order valence-corrected chi connectivity index (χ0v) is 20.4. The number of hydrogen-bond donors (Lipinski definition) is 3. The van der Waals surface area contributed by atoms with Crippen molar-refractivity contribution in [2.24, 2.45) is 0 Å². The number of hydrogen-bond acceptors (Lipinski definition) is 7. The molecule has 1 aromatic heterocycles. The standard InChI is InChI=1S/C19H29N3O2.2C2HF3O2/c1-2-10-20-18(5-1)21-14-17-4-3-8-19(24-17)9-11-22(15-19)16-6-12-23-13-7-16;2*3-2(4,5)1(6)7/h1-2,5,10,16-17H,3-4,6-9,11-15H2,(H,20,21);2*(H,6,7)/t17-,19-;;/m1../s1. The van der Waals surface area contributed by atoms with E-state index in [0.717, 1.165) is 38.5 Å². The molecule has 3 fully saturated rings. The van der Waals surface area contributed by atoms with Gasteiger partial charge in [0.1, 0.15) is 5.82 Å². The number of carbonyl (C=O) groups is 2. The molecule has 4 rings (SSSR count). The van der Waals surface area contributed by atoms with Crippen molar-refractivity contribution in [1.82, 2.24) is 9.88 Å². The minimum atomic E-state index is -5.08. The highest BCUT2D eigenvalue weighted by Crippen LogP contribution is 2.38. The third-order valence-corrected chi connectivity index (χ3v) is 6.29. The monoisotopic (exact) mass is 559 g/mol. The molecule has 0 bridgehead atoms. The zero-order chi connectivity index (χ0) is 28.4. The third kappa shape index (κ3) is 10.6. The van der Waals surface area contributed by atoms with Gasteiger partial charge in [0.05, 0.1) is 11.7 Å². The number of alkyl halides is 6. The largest absolute Gasteiger partial charge is 0.490 e. The van der Waals surface area contributed by atoms with Crippen LogP contribution < -0.4 is 5.32 Å². The predicted molar refractivity (Wildman–Crippen MR) is 122 cm³/mol. The second kappa shape index (κ2) is 13.9. The van der Waals surface area contributed by atoms with Crippen molar-refractivity contribution in [3.8, 4) is 0 Å². The van der Waals surface area contributed by atoms with E-state index in [1.165, 1.54) is 38.6 Å². The van der Waals surface area contributed by atoms with E-state index in [0.29, 0.717) is 12.1 Å². The van der Waals surface area contributed by atoms with Crippen LogP contribution in [0.15, 0.2) is 24.4 Å². The number of aromatic nitrogens is 1. The number of aliphatic carboxylic acids is 2. The molecule has 9 nitrogen and oxygen atoms in total. The number of nitrogens with one attached hydrogen (secondary N) is 1. The highest BCUT2D eigenvalue weighted by atomic mass is 19.4. The minimum absolute atomic E-state index is 0.0903. The van der Waals surface area contributed by atoms with Gasteiger partial charge < -0.3 is 25.0 Å². The van der Waals surface area contributed by atoms with E-state index < -0.39 is 24.3 Å². The number of anilines is 1. The van der Waals surface area contributed by atoms with Crippen molar-refractivity contribution in [3.05, 3.63) is 24.4 Å². The van der Waals surface area contributed by atoms with Crippen LogP contribution in [0.3, 0.4) is 0 Å². The molecule has 3 aliphatic heterocycles. The highest BCUT2D eigenvalue weighted by Gasteiger charge is 2.44. The van der Waals surface area contributed by atoms with Gasteiger partial charge in [0, 0.05) is 45.1 Å². The summed E-state index contributed by atoms with van der Waals surface area (Å²) in [5.41, 5.74) is 0.0903. The lowest BCUT2D eigenvalue weighted by Crippen LogP contribution is -2.47. The number of halogens is 6. The predicted octanol–water partition coefficient (Wildman–Crippen LogP) is 3.95. The summed E-state index contributed by atoms with van der Waals surface area (Å²) < 4.78 is 75.6. The first kappa shape index (κ1) is 31.6. The molecule has 1 spiro atoms. The molecule has 0 radical (unpaired) electrons. The van der Waals surface area contributed by atoms with Crippen LogP contribution in [0.1, 0.15) is 38.5 Å². The van der Waals surface area contributed by atoms with E-state index in [4.69, 9.17) is 29.3 Å². The lowest BCUT2D eigenvalue weighted by atomic mass is 9.90. The van der Waals surface area contributed by atoms with Crippen molar-refractivity contribution in [2.75, 3.05) is 38.2 Å². The highest BCUT2D eigenvalue weighted by molar-refractivity contribution is 5.73. The Hall–Kier alpha value is -2.65. The first-order valence-electron chi connectivity index (χ1n) is 12.0. The second-order valence-electron chi connectivity index (χ2n) is 9.08. The lowest BCUT2D eigenvalue weighted by Gasteiger charge is -2.40. The van der Waals surface area contributed by atoms with Gasteiger partial charge in [-0.2, -0.15) is 26.3 Å². The van der Waals surface area contributed by atoms with Gasteiger partial charge in [0.15, 0.2) is 0 Å². The zero-order valence-electron chi connectivity index (χ0n) is 20.4. The molecule has 0 amide bonds. The number of carboxylic acids is 2. The van der Waals surface area contributed by atoms with Gasteiger partial charge in [-0.05, 0) is 50.7 Å². The smallest absolute Gasteiger partial charge is 0.475 e. The SMILES string of the molecule is O=C(O)C(F)(F)F.O=C(O)C(F)(F)F.c1ccc(NC[C@H]2CCC[C@]3(CCN(C4CCOCC4)C3)O2)nc1. The molecule has 1 aromatic rings. The van der Waals surface area contributed by atoms with Crippen LogP contribution in [-0.4, -0.2) is 95.0 Å². The molecule has 3 aliphatic rings. The van der Waals surface area contributed by atoms with Gasteiger partial charge in [-0.15, -0.1) is 0 Å². The Morgan fingerprint density at radius 3 is 2.16 bits per heavy atom. The molecular formula is C23H31F6N3O6. The maximum Gasteiger partial charge on any atom is 0.490 e. The molecule has 3 N–H and O–H groups in total. The number of nitrogens with zero attached hydrogens (tertiary/aromatic N) is 2. The Kier molecular flexibility index (Phi) is 11.6. The summed E-state index contributed by atoms with van der Waals surface area (Å²) in [6.45, 7) is 5.00. The van der Waals surface area contributed by atoms with Crippen molar-refractivity contribution < 1.29 is 55.6 Å². The molecule has 216 valence electrons. The number of pyridine rings is 1. The van der Waals surface area contributed by atoms with Crippen LogP contribution in [0.2, 0.25) is 0 Å². The van der Waals surface area contributed by atoms with Gasteiger partial charge in [-0.25, -0.2) is 14.6 Å². The number of likely N-dealkylation sites (tertiary alicyclic amines) is 1. The summed E-state index contributed by atoms with van der Waals surface area (Å²) in [4.78, 5) is 24.8. The molecule has 15 heteroatoms. The Morgan fingerprint density at radius 2 is 1.63 bits per heavy atom. The quantitative estimate of drug-likeness (QED) is 0.471. The molecule has 3 saturated heterocycles. The Bertz CT molecular complexity index is 859. The molecule has 0 saturated carbocycles. The molecule has 2 atom stereocenters. The van der Waals surface area contributed by atoms with E-state index in [2.05, 4.69) is 15.2 Å². The van der Waals surface area contributed by atoms with E-state index >= 15 is 0 Å². The van der Waals surface area contributed by atoms with Crippen molar-refractivity contribution in [2.45, 2.75) is 68.6 Å². The van der Waals surface area contributed by atoms with Crippen molar-refractivity contribution >= 4 is 17.8 Å². The van der Waals surface area contributed by atoms with Crippen LogP contribution in [0.25, 0.3) is 0 Å². The maximum atomic E-state index is 10.6. The fourth-order valence-electron chi connectivity index (χ4n) is 4.49. The van der Waals surface area contributed by atoms with E-state index in [1.807, 2.05) is 24.4 Å². The van der Waals surface area contributed by atoms with E-state index in [9.17, 15) is 26.3 Å². The lowest BCUT2D eigenvalue weighted by molar-refractivity contribution is -0.193. The van der Waals surface area contributed by atoms with Gasteiger partial charge in [-0.1, -0.05) is 6.07 Å². The van der Waals surface area contributed by atoms with Crippen molar-refractivity contribution in [3.63, 3.8) is 0 Å². The Balaban J connectivity index is 0.000000301. The normalized spacial score (nSPS) is 24.5. The molecule has 0 unspecified atom stereocenters. The van der Waals surface area contributed by atoms with Crippen LogP contribution in [0.4, 0.5) is 32.2 Å². The summed E-state index contributed by atoms with van der Waals surface area (Å²) in [5, 5.41) is 17.7. The van der Waals surface area contributed by atoms with Crippen LogP contribution in [0, 0.1) is 0 Å². The van der Waals surface area contributed by atoms with Crippen LogP contribution in [-0.2, 0) is 19.1 Å². The average molecular weight is 560 g/mol. The van der Waals surface area contributed by atoms with Gasteiger partial charge in [0.25, 0.3) is 0 Å². The maximum absolute atomic E-state index is 10.6. The van der Waals surface area contributed by atoms with Gasteiger partial charge >= 0.3 is 24.3 Å². The fourth-order valence-corrected chi connectivity index (χ4v) is 4.49. The Morgan fingerprint density at radius 1 is 1.03 bits per heavy atom. The summed E-state index contributed by atoms with van der Waals surface area (Å²) >= 11 is 0. The summed E-state index contributed by atoms with van der Waals surface area (Å²) in [6, 6.07) is 6.68. The number of ether oxygens (including phenoxy) is 2. The third-order valence-electron chi connectivity index (χ3n) is 6.29. The second-order valence-corrected chi connectivity index (χ2v) is 9.08. The van der Waals surface area contributed by atoms with E-state index in [1.54, 1.807) is 0 Å². The first-order chi connectivity index (χ1) is 17.7. The summed E-state index contributed by atoms with van der Waals surface area (Å²) in [6.07, 6.45) is -0.849. The molecular weight excluding hydrogens is 528 g/mol. The number of carboxylic acid groups (broad SMARTS) is 2. The van der Waals surface area contributed by atoms with Crippen LogP contribution in [0.5, 0.6) is 0 Å². The molecule has 0 aliphatic carbocycles. The fraction of sp³-hybridized carbons (Fsp3) is 0.696. The summed E-state index contributed by atoms with van der Waals surface area (Å²) in [5.74, 6) is -4.57. The van der Waals surface area contributed by atoms with Gasteiger partial charge in [-0.3, -0.25) is 4.90 Å². The van der Waals surface area contributed by atoms with Crippen molar-refractivity contribution in [1.29, 1.82) is 0 Å². The minimum Gasteiger partial charge on any atom is -0.475 e. The number of rotatable bonds is 4. The first-order valence-corrected chi connectivity index (χ1v) is 12.0. The molecule has 0 aromatic carbocycles. The van der Waals surface area contributed by atoms with Crippen LogP contribution >= 0.6 is 0 Å². The molecule has 38 heavy (non-hydrogen) atoms. The summed E-state index contributed by atoms with van der Waals surface area (Å²) in [7, 11) is 0. The Labute approximate surface area is 215 Å². The van der Waals surface area contributed by atoms with E-state index in [-0.39, 0.29) is 5.60 Å². The molecule has 4 heterocycles. The van der Waals surface area contributed by atoms with Gasteiger partial charge in [0.2, 0.25) is 0 Å².